The summed E-state index contributed by atoms with van der Waals surface area (Å²) in [5.74, 6) is 0.327. The van der Waals surface area contributed by atoms with Gasteiger partial charge in [0.1, 0.15) is 24.6 Å². The minimum atomic E-state index is -0.373. The van der Waals surface area contributed by atoms with Gasteiger partial charge in [-0.05, 0) is 29.8 Å². The second-order valence-corrected chi connectivity index (χ2v) is 6.44. The highest BCUT2D eigenvalue weighted by atomic mass is 16.2. The zero-order chi connectivity index (χ0) is 19.5. The van der Waals surface area contributed by atoms with Gasteiger partial charge in [0.2, 0.25) is 5.91 Å². The highest BCUT2D eigenvalue weighted by Crippen LogP contribution is 2.30. The summed E-state index contributed by atoms with van der Waals surface area (Å²) in [6, 6.07) is 10.9. The van der Waals surface area contributed by atoms with Crippen LogP contribution in [0.3, 0.4) is 0 Å². The molecule has 3 heterocycles. The molecular formula is C19H19N7O2. The molecule has 2 amide bonds. The molecule has 142 valence electrons. The third-order valence-corrected chi connectivity index (χ3v) is 4.54. The van der Waals surface area contributed by atoms with Crippen LogP contribution in [0, 0.1) is 0 Å². The Balaban J connectivity index is 1.48. The first-order chi connectivity index (χ1) is 13.6. The Bertz CT molecular complexity index is 1000. The SMILES string of the molecule is CN1c2ncccc2C(=O)N[C@@H]1c1cccc(NC(=O)CCn2cncn2)c1. The minimum Gasteiger partial charge on any atom is -0.335 e. The van der Waals surface area contributed by atoms with E-state index in [0.717, 1.165) is 5.56 Å². The second-order valence-electron chi connectivity index (χ2n) is 6.44. The van der Waals surface area contributed by atoms with Gasteiger partial charge < -0.3 is 15.5 Å². The fourth-order valence-electron chi connectivity index (χ4n) is 3.16. The van der Waals surface area contributed by atoms with Crippen LogP contribution in [0.5, 0.6) is 0 Å². The van der Waals surface area contributed by atoms with Gasteiger partial charge >= 0.3 is 0 Å². The highest BCUT2D eigenvalue weighted by molar-refractivity contribution is 6.01. The molecule has 4 rings (SSSR count). The Morgan fingerprint density at radius 3 is 3.00 bits per heavy atom. The molecule has 0 fully saturated rings. The summed E-state index contributed by atoms with van der Waals surface area (Å²) in [7, 11) is 1.87. The lowest BCUT2D eigenvalue weighted by Gasteiger charge is -2.35. The van der Waals surface area contributed by atoms with Gasteiger partial charge in [0.25, 0.3) is 5.91 Å². The summed E-state index contributed by atoms with van der Waals surface area (Å²) in [6.07, 6.45) is 4.58. The number of aromatic nitrogens is 4. The van der Waals surface area contributed by atoms with Crippen LogP contribution >= 0.6 is 0 Å². The number of anilines is 2. The number of nitrogens with zero attached hydrogens (tertiary/aromatic N) is 5. The molecule has 0 unspecified atom stereocenters. The topological polar surface area (TPSA) is 105 Å². The zero-order valence-corrected chi connectivity index (χ0v) is 15.2. The Labute approximate surface area is 161 Å². The lowest BCUT2D eigenvalue weighted by molar-refractivity contribution is -0.116. The van der Waals surface area contributed by atoms with Crippen molar-refractivity contribution in [2.45, 2.75) is 19.1 Å². The van der Waals surface area contributed by atoms with Crippen molar-refractivity contribution in [2.24, 2.45) is 0 Å². The molecule has 2 aromatic heterocycles. The maximum atomic E-state index is 12.4. The van der Waals surface area contributed by atoms with Crippen molar-refractivity contribution in [3.8, 4) is 0 Å². The zero-order valence-electron chi connectivity index (χ0n) is 15.2. The first kappa shape index (κ1) is 17.7. The number of nitrogens with one attached hydrogen (secondary N) is 2. The van der Waals surface area contributed by atoms with Gasteiger partial charge in [-0.1, -0.05) is 12.1 Å². The summed E-state index contributed by atoms with van der Waals surface area (Å²) in [4.78, 5) is 34.7. The molecule has 1 atom stereocenters. The molecule has 28 heavy (non-hydrogen) atoms. The molecule has 0 radical (unpaired) electrons. The number of hydrogen-bond acceptors (Lipinski definition) is 6. The number of aryl methyl sites for hydroxylation is 1. The van der Waals surface area contributed by atoms with Gasteiger partial charge in [0, 0.05) is 25.4 Å². The van der Waals surface area contributed by atoms with Crippen LogP contribution in [-0.2, 0) is 11.3 Å². The number of hydrogen-bond donors (Lipinski definition) is 2. The summed E-state index contributed by atoms with van der Waals surface area (Å²) < 4.78 is 1.60. The van der Waals surface area contributed by atoms with Crippen LogP contribution in [-0.4, -0.2) is 38.6 Å². The molecule has 1 aliphatic rings. The molecule has 0 aliphatic carbocycles. The fraction of sp³-hybridized carbons (Fsp3) is 0.211. The van der Waals surface area contributed by atoms with E-state index >= 15 is 0 Å². The summed E-state index contributed by atoms with van der Waals surface area (Å²) in [5.41, 5.74) is 2.05. The van der Waals surface area contributed by atoms with Crippen LogP contribution < -0.4 is 15.5 Å². The van der Waals surface area contributed by atoms with Crippen molar-refractivity contribution < 1.29 is 9.59 Å². The number of rotatable bonds is 5. The molecule has 0 saturated heterocycles. The van der Waals surface area contributed by atoms with Crippen molar-refractivity contribution in [3.63, 3.8) is 0 Å². The number of carbonyl (C=O) groups is 2. The summed E-state index contributed by atoms with van der Waals surface area (Å²) in [6.45, 7) is 0.454. The molecule has 2 N–H and O–H groups in total. The predicted molar refractivity (Wildman–Crippen MR) is 103 cm³/mol. The van der Waals surface area contributed by atoms with E-state index in [1.54, 1.807) is 29.3 Å². The van der Waals surface area contributed by atoms with Crippen LogP contribution in [0.4, 0.5) is 11.5 Å². The van der Waals surface area contributed by atoms with Gasteiger partial charge in [-0.15, -0.1) is 0 Å². The van der Waals surface area contributed by atoms with Crippen molar-refractivity contribution in [2.75, 3.05) is 17.3 Å². The van der Waals surface area contributed by atoms with Gasteiger partial charge in [-0.2, -0.15) is 5.10 Å². The van der Waals surface area contributed by atoms with E-state index in [-0.39, 0.29) is 24.4 Å². The average molecular weight is 377 g/mol. The number of amides is 2. The lowest BCUT2D eigenvalue weighted by Crippen LogP contribution is -2.45. The van der Waals surface area contributed by atoms with Gasteiger partial charge in [-0.3, -0.25) is 14.3 Å². The Morgan fingerprint density at radius 2 is 2.18 bits per heavy atom. The third-order valence-electron chi connectivity index (χ3n) is 4.54. The minimum absolute atomic E-state index is 0.124. The largest absolute Gasteiger partial charge is 0.335 e. The van der Waals surface area contributed by atoms with E-state index in [1.807, 2.05) is 36.2 Å². The van der Waals surface area contributed by atoms with Crippen LogP contribution in [0.1, 0.15) is 28.5 Å². The summed E-state index contributed by atoms with van der Waals surface area (Å²) in [5, 5.41) is 9.84. The van der Waals surface area contributed by atoms with Gasteiger partial charge in [0.05, 0.1) is 12.1 Å². The molecule has 3 aromatic rings. The number of benzene rings is 1. The van der Waals surface area contributed by atoms with E-state index in [2.05, 4.69) is 25.7 Å². The van der Waals surface area contributed by atoms with Crippen molar-refractivity contribution in [1.82, 2.24) is 25.1 Å². The predicted octanol–water partition coefficient (Wildman–Crippen LogP) is 1.58. The maximum Gasteiger partial charge on any atom is 0.256 e. The summed E-state index contributed by atoms with van der Waals surface area (Å²) >= 11 is 0. The number of fused-ring (bicyclic) bond motifs is 1. The molecule has 0 bridgehead atoms. The normalized spacial score (nSPS) is 15.7. The number of carbonyl (C=O) groups excluding carboxylic acids is 2. The quantitative estimate of drug-likeness (QED) is 0.699. The molecule has 9 heteroatoms. The maximum absolute atomic E-state index is 12.4. The molecule has 0 saturated carbocycles. The van der Waals surface area contributed by atoms with Crippen molar-refractivity contribution >= 4 is 23.3 Å². The smallest absolute Gasteiger partial charge is 0.256 e. The van der Waals surface area contributed by atoms with Crippen LogP contribution in [0.2, 0.25) is 0 Å². The van der Waals surface area contributed by atoms with E-state index in [0.29, 0.717) is 23.6 Å². The van der Waals surface area contributed by atoms with Crippen LogP contribution in [0.15, 0.2) is 55.2 Å². The monoisotopic (exact) mass is 377 g/mol. The average Bonchev–Trinajstić information content (AvgIpc) is 3.23. The lowest BCUT2D eigenvalue weighted by atomic mass is 10.1. The molecular weight excluding hydrogens is 358 g/mol. The third kappa shape index (κ3) is 3.54. The van der Waals surface area contributed by atoms with Crippen molar-refractivity contribution in [1.29, 1.82) is 0 Å². The Morgan fingerprint density at radius 1 is 1.29 bits per heavy atom. The first-order valence-electron chi connectivity index (χ1n) is 8.83. The Hall–Kier alpha value is -3.75. The fourth-order valence-corrected chi connectivity index (χ4v) is 3.16. The van der Waals surface area contributed by atoms with Crippen molar-refractivity contribution in [3.05, 3.63) is 66.4 Å². The standard InChI is InChI=1S/C19H19N7O2/c1-25-17(24-19(28)15-6-3-8-21-18(15)25)13-4-2-5-14(10-13)23-16(27)7-9-26-12-20-11-22-26/h2-6,8,10-12,17H,7,9H2,1H3,(H,23,27)(H,24,28)/t17-/m0/s1. The molecule has 9 nitrogen and oxygen atoms in total. The van der Waals surface area contributed by atoms with E-state index < -0.39 is 0 Å². The molecule has 0 spiro atoms. The molecule has 1 aliphatic heterocycles. The van der Waals surface area contributed by atoms with Crippen LogP contribution in [0.25, 0.3) is 0 Å². The molecule has 1 aromatic carbocycles. The van der Waals surface area contributed by atoms with E-state index in [4.69, 9.17) is 0 Å². The van der Waals surface area contributed by atoms with E-state index in [1.165, 1.54) is 6.33 Å². The number of pyridine rings is 1. The van der Waals surface area contributed by atoms with Gasteiger partial charge in [-0.25, -0.2) is 9.97 Å². The second kappa shape index (κ2) is 7.47. The first-order valence-corrected chi connectivity index (χ1v) is 8.83. The highest BCUT2D eigenvalue weighted by Gasteiger charge is 2.30. The van der Waals surface area contributed by atoms with E-state index in [9.17, 15) is 9.59 Å². The van der Waals surface area contributed by atoms with Gasteiger partial charge in [0.15, 0.2) is 0 Å². The Kier molecular flexibility index (Phi) is 4.71.